The first kappa shape index (κ1) is 16.4. The van der Waals surface area contributed by atoms with E-state index in [4.69, 9.17) is 9.47 Å². The van der Waals surface area contributed by atoms with Crippen LogP contribution in [0.15, 0.2) is 36.4 Å². The Morgan fingerprint density at radius 1 is 1.21 bits per heavy atom. The highest BCUT2D eigenvalue weighted by atomic mass is 32.1. The number of methoxy groups -OCH3 is 1. The second-order valence-electron chi connectivity index (χ2n) is 5.22. The predicted octanol–water partition coefficient (Wildman–Crippen LogP) is 4.82. The van der Waals surface area contributed by atoms with E-state index in [9.17, 15) is 9.18 Å². The van der Waals surface area contributed by atoms with Crippen LogP contribution < -0.4 is 9.47 Å². The summed E-state index contributed by atoms with van der Waals surface area (Å²) >= 11 is 1.45. The highest BCUT2D eigenvalue weighted by molar-refractivity contribution is 7.21. The van der Waals surface area contributed by atoms with Gasteiger partial charge in [-0.05, 0) is 36.8 Å². The van der Waals surface area contributed by atoms with Crippen LogP contribution in [0.2, 0.25) is 0 Å². The SMILES string of the molecule is CCCC(=O)Oc1cc(-c2nc3cc(F)ccc3s2)ccc1OC. The van der Waals surface area contributed by atoms with Crippen molar-refractivity contribution < 1.29 is 18.7 Å². The van der Waals surface area contributed by atoms with Crippen LogP contribution >= 0.6 is 11.3 Å². The molecule has 0 aliphatic rings. The molecule has 124 valence electrons. The zero-order valence-corrected chi connectivity index (χ0v) is 14.2. The van der Waals surface area contributed by atoms with Crippen LogP contribution in [0.4, 0.5) is 4.39 Å². The molecular formula is C18H16FNO3S. The molecule has 0 spiro atoms. The van der Waals surface area contributed by atoms with E-state index < -0.39 is 0 Å². The van der Waals surface area contributed by atoms with Crippen LogP contribution in [0.1, 0.15) is 19.8 Å². The van der Waals surface area contributed by atoms with Gasteiger partial charge in [-0.3, -0.25) is 4.79 Å². The van der Waals surface area contributed by atoms with Gasteiger partial charge in [0.15, 0.2) is 11.5 Å². The number of thiazole rings is 1. The quantitative estimate of drug-likeness (QED) is 0.491. The molecule has 0 bridgehead atoms. The fourth-order valence-corrected chi connectivity index (χ4v) is 3.23. The van der Waals surface area contributed by atoms with Crippen LogP contribution in [0.5, 0.6) is 11.5 Å². The Bertz CT molecular complexity index is 891. The Morgan fingerprint density at radius 2 is 2.04 bits per heavy atom. The number of ether oxygens (including phenoxy) is 2. The number of halogens is 1. The van der Waals surface area contributed by atoms with E-state index in [0.717, 1.165) is 15.3 Å². The lowest BCUT2D eigenvalue weighted by atomic mass is 10.2. The summed E-state index contributed by atoms with van der Waals surface area (Å²) in [4.78, 5) is 16.2. The van der Waals surface area contributed by atoms with Gasteiger partial charge in [-0.2, -0.15) is 0 Å². The van der Waals surface area contributed by atoms with Crippen molar-refractivity contribution in [2.45, 2.75) is 19.8 Å². The lowest BCUT2D eigenvalue weighted by molar-refractivity contribution is -0.134. The minimum atomic E-state index is -0.316. The molecule has 1 heterocycles. The van der Waals surface area contributed by atoms with Crippen LogP contribution in [-0.2, 0) is 4.79 Å². The molecule has 0 saturated heterocycles. The van der Waals surface area contributed by atoms with Crippen LogP contribution in [-0.4, -0.2) is 18.1 Å². The van der Waals surface area contributed by atoms with E-state index in [-0.39, 0.29) is 11.8 Å². The number of carbonyl (C=O) groups is 1. The van der Waals surface area contributed by atoms with Crippen molar-refractivity contribution in [3.63, 3.8) is 0 Å². The van der Waals surface area contributed by atoms with Gasteiger partial charge in [0.05, 0.1) is 17.3 Å². The highest BCUT2D eigenvalue weighted by Crippen LogP contribution is 2.36. The first-order chi connectivity index (χ1) is 11.6. The molecule has 0 aliphatic heterocycles. The van der Waals surface area contributed by atoms with E-state index >= 15 is 0 Å². The molecule has 0 fully saturated rings. The van der Waals surface area contributed by atoms with Crippen molar-refractivity contribution in [3.8, 4) is 22.1 Å². The number of carbonyl (C=O) groups excluding carboxylic acids is 1. The molecule has 0 radical (unpaired) electrons. The summed E-state index contributed by atoms with van der Waals surface area (Å²) in [5.74, 6) is 0.219. The number of hydrogen-bond donors (Lipinski definition) is 0. The van der Waals surface area contributed by atoms with E-state index in [1.54, 1.807) is 18.2 Å². The van der Waals surface area contributed by atoms with Gasteiger partial charge in [0.25, 0.3) is 0 Å². The monoisotopic (exact) mass is 345 g/mol. The first-order valence-corrected chi connectivity index (χ1v) is 8.37. The standard InChI is InChI=1S/C18H16FNO3S/c1-3-4-17(21)23-15-9-11(5-7-14(15)22-2)18-20-13-10-12(19)6-8-16(13)24-18/h5-10H,3-4H2,1-2H3. The maximum absolute atomic E-state index is 13.3. The van der Waals surface area contributed by atoms with Gasteiger partial charge < -0.3 is 9.47 Å². The molecule has 0 atom stereocenters. The van der Waals surface area contributed by atoms with Gasteiger partial charge in [0.1, 0.15) is 10.8 Å². The first-order valence-electron chi connectivity index (χ1n) is 7.56. The van der Waals surface area contributed by atoms with Crippen molar-refractivity contribution in [3.05, 3.63) is 42.2 Å². The Kier molecular flexibility index (Phi) is 4.76. The lowest BCUT2D eigenvalue weighted by Gasteiger charge is -2.10. The van der Waals surface area contributed by atoms with Crippen molar-refractivity contribution in [1.29, 1.82) is 0 Å². The number of hydrogen-bond acceptors (Lipinski definition) is 5. The molecule has 2 aromatic carbocycles. The van der Waals surface area contributed by atoms with Crippen molar-refractivity contribution in [2.24, 2.45) is 0 Å². The summed E-state index contributed by atoms with van der Waals surface area (Å²) in [6, 6.07) is 9.82. The number of aromatic nitrogens is 1. The molecule has 0 aliphatic carbocycles. The highest BCUT2D eigenvalue weighted by Gasteiger charge is 2.14. The molecule has 24 heavy (non-hydrogen) atoms. The Labute approximate surface area is 142 Å². The zero-order valence-electron chi connectivity index (χ0n) is 13.3. The number of fused-ring (bicyclic) bond motifs is 1. The van der Waals surface area contributed by atoms with E-state index in [2.05, 4.69) is 4.98 Å². The smallest absolute Gasteiger partial charge is 0.311 e. The third kappa shape index (κ3) is 3.38. The number of esters is 1. The molecule has 6 heteroatoms. The fraction of sp³-hybridized carbons (Fsp3) is 0.222. The molecule has 0 unspecified atom stereocenters. The van der Waals surface area contributed by atoms with Gasteiger partial charge in [0, 0.05) is 18.1 Å². The van der Waals surface area contributed by atoms with E-state index in [1.165, 1.54) is 30.6 Å². The average molecular weight is 345 g/mol. The van der Waals surface area contributed by atoms with Crippen molar-refractivity contribution in [2.75, 3.05) is 7.11 Å². The maximum Gasteiger partial charge on any atom is 0.311 e. The largest absolute Gasteiger partial charge is 0.493 e. The zero-order chi connectivity index (χ0) is 17.1. The minimum Gasteiger partial charge on any atom is -0.493 e. The topological polar surface area (TPSA) is 48.4 Å². The summed E-state index contributed by atoms with van der Waals surface area (Å²) in [5, 5.41) is 0.728. The summed E-state index contributed by atoms with van der Waals surface area (Å²) in [6.07, 6.45) is 1.05. The maximum atomic E-state index is 13.3. The summed E-state index contributed by atoms with van der Waals surface area (Å²) < 4.78 is 24.8. The normalized spacial score (nSPS) is 10.8. The van der Waals surface area contributed by atoms with Crippen molar-refractivity contribution >= 4 is 27.5 Å². The molecular weight excluding hydrogens is 329 g/mol. The molecule has 4 nitrogen and oxygen atoms in total. The predicted molar refractivity (Wildman–Crippen MR) is 92.1 cm³/mol. The van der Waals surface area contributed by atoms with Crippen LogP contribution in [0.25, 0.3) is 20.8 Å². The van der Waals surface area contributed by atoms with E-state index in [0.29, 0.717) is 29.9 Å². The minimum absolute atomic E-state index is 0.306. The van der Waals surface area contributed by atoms with Gasteiger partial charge >= 0.3 is 5.97 Å². The van der Waals surface area contributed by atoms with Gasteiger partial charge in [-0.1, -0.05) is 6.92 Å². The molecule has 1 aromatic heterocycles. The number of benzene rings is 2. The summed E-state index contributed by atoms with van der Waals surface area (Å²) in [5.41, 5.74) is 1.40. The van der Waals surface area contributed by atoms with E-state index in [1.807, 2.05) is 13.0 Å². The molecule has 3 aromatic rings. The van der Waals surface area contributed by atoms with Gasteiger partial charge in [-0.15, -0.1) is 11.3 Å². The second kappa shape index (κ2) is 6.97. The van der Waals surface area contributed by atoms with Crippen molar-refractivity contribution in [1.82, 2.24) is 4.98 Å². The Balaban J connectivity index is 1.98. The van der Waals surface area contributed by atoms with Crippen LogP contribution in [0, 0.1) is 5.82 Å². The van der Waals surface area contributed by atoms with Gasteiger partial charge in [0.2, 0.25) is 0 Å². The fourth-order valence-electron chi connectivity index (χ4n) is 2.29. The summed E-state index contributed by atoms with van der Waals surface area (Å²) in [6.45, 7) is 1.91. The van der Waals surface area contributed by atoms with Gasteiger partial charge in [-0.25, -0.2) is 9.37 Å². The number of rotatable bonds is 5. The molecule has 0 N–H and O–H groups in total. The number of nitrogens with zero attached hydrogens (tertiary/aromatic N) is 1. The third-order valence-corrected chi connectivity index (χ3v) is 4.52. The lowest BCUT2D eigenvalue weighted by Crippen LogP contribution is -2.07. The summed E-state index contributed by atoms with van der Waals surface area (Å²) in [7, 11) is 1.52. The molecule has 0 amide bonds. The second-order valence-corrected chi connectivity index (χ2v) is 6.25. The third-order valence-electron chi connectivity index (χ3n) is 3.44. The Hall–Kier alpha value is -2.47. The molecule has 3 rings (SSSR count). The molecule has 0 saturated carbocycles. The Morgan fingerprint density at radius 3 is 2.79 bits per heavy atom. The average Bonchev–Trinajstić information content (AvgIpc) is 2.98. The van der Waals surface area contributed by atoms with Crippen LogP contribution in [0.3, 0.4) is 0 Å².